The van der Waals surface area contributed by atoms with Crippen molar-refractivity contribution in [3.63, 3.8) is 0 Å². The molecule has 0 radical (unpaired) electrons. The van der Waals surface area contributed by atoms with Crippen LogP contribution >= 0.6 is 0 Å². The molecule has 0 unspecified atom stereocenters. The van der Waals surface area contributed by atoms with Gasteiger partial charge in [-0.1, -0.05) is 30.3 Å². The molecular formula is C14H12O3. The molecule has 86 valence electrons. The van der Waals surface area contributed by atoms with Crippen LogP contribution in [-0.2, 0) is 9.53 Å². The van der Waals surface area contributed by atoms with Crippen molar-refractivity contribution in [3.8, 4) is 0 Å². The van der Waals surface area contributed by atoms with E-state index in [2.05, 4.69) is 0 Å². The molecule has 3 heteroatoms. The molecule has 0 aliphatic rings. The van der Waals surface area contributed by atoms with Crippen LogP contribution < -0.4 is 0 Å². The summed E-state index contributed by atoms with van der Waals surface area (Å²) < 4.78 is 9.96. The number of benzene rings is 1. The van der Waals surface area contributed by atoms with Gasteiger partial charge in [0.15, 0.2) is 0 Å². The molecule has 0 saturated carbocycles. The Hall–Kier alpha value is -2.29. The van der Waals surface area contributed by atoms with E-state index in [-0.39, 0.29) is 0 Å². The van der Waals surface area contributed by atoms with Gasteiger partial charge in [0.05, 0.1) is 13.4 Å². The van der Waals surface area contributed by atoms with Crippen LogP contribution in [-0.4, -0.2) is 13.1 Å². The van der Waals surface area contributed by atoms with Crippen LogP contribution in [0, 0.1) is 0 Å². The van der Waals surface area contributed by atoms with Gasteiger partial charge in [0.25, 0.3) is 0 Å². The first-order valence-electron chi connectivity index (χ1n) is 5.20. The third kappa shape index (κ3) is 2.64. The monoisotopic (exact) mass is 228 g/mol. The summed E-state index contributed by atoms with van der Waals surface area (Å²) in [6.45, 7) is 0. The van der Waals surface area contributed by atoms with Gasteiger partial charge in [-0.2, -0.15) is 0 Å². The molecule has 0 atom stereocenters. The average Bonchev–Trinajstić information content (AvgIpc) is 2.90. The molecule has 0 bridgehead atoms. The molecule has 2 aromatic rings. The molecule has 0 N–H and O–H groups in total. The molecule has 1 heterocycles. The van der Waals surface area contributed by atoms with Gasteiger partial charge in [0.1, 0.15) is 11.3 Å². The summed E-state index contributed by atoms with van der Waals surface area (Å²) in [5, 5.41) is 0. The minimum absolute atomic E-state index is 0.406. The predicted octanol–water partition coefficient (Wildman–Crippen LogP) is 2.99. The summed E-state index contributed by atoms with van der Waals surface area (Å²) in [6, 6.07) is 13.0. The second kappa shape index (κ2) is 5.16. The number of hydrogen-bond donors (Lipinski definition) is 0. The molecule has 17 heavy (non-hydrogen) atoms. The van der Waals surface area contributed by atoms with Crippen molar-refractivity contribution in [2.24, 2.45) is 0 Å². The molecule has 1 aromatic heterocycles. The maximum atomic E-state index is 11.7. The van der Waals surface area contributed by atoms with E-state index in [1.54, 1.807) is 18.2 Å². The lowest BCUT2D eigenvalue weighted by Crippen LogP contribution is -2.02. The van der Waals surface area contributed by atoms with Crippen molar-refractivity contribution < 1.29 is 13.9 Å². The quantitative estimate of drug-likeness (QED) is 0.598. The highest BCUT2D eigenvalue weighted by atomic mass is 16.5. The minimum Gasteiger partial charge on any atom is -0.465 e. The van der Waals surface area contributed by atoms with Gasteiger partial charge < -0.3 is 9.15 Å². The highest BCUT2D eigenvalue weighted by Gasteiger charge is 2.14. The van der Waals surface area contributed by atoms with Gasteiger partial charge in [0, 0.05) is 0 Å². The Morgan fingerprint density at radius 3 is 2.53 bits per heavy atom. The van der Waals surface area contributed by atoms with Crippen molar-refractivity contribution in [2.75, 3.05) is 7.11 Å². The van der Waals surface area contributed by atoms with Crippen LogP contribution in [0.1, 0.15) is 11.3 Å². The Balaban J connectivity index is 2.41. The zero-order valence-electron chi connectivity index (χ0n) is 9.42. The van der Waals surface area contributed by atoms with Crippen LogP contribution in [0.3, 0.4) is 0 Å². The molecule has 3 nitrogen and oxygen atoms in total. The van der Waals surface area contributed by atoms with Crippen LogP contribution in [0.4, 0.5) is 0 Å². The molecule has 1 aromatic carbocycles. The van der Waals surface area contributed by atoms with Crippen molar-refractivity contribution in [1.29, 1.82) is 0 Å². The van der Waals surface area contributed by atoms with Crippen LogP contribution in [0.5, 0.6) is 0 Å². The van der Waals surface area contributed by atoms with E-state index in [0.29, 0.717) is 11.3 Å². The van der Waals surface area contributed by atoms with Crippen LogP contribution in [0.2, 0.25) is 0 Å². The van der Waals surface area contributed by atoms with Gasteiger partial charge in [-0.3, -0.25) is 0 Å². The van der Waals surface area contributed by atoms with Crippen molar-refractivity contribution in [2.45, 2.75) is 0 Å². The first-order chi connectivity index (χ1) is 8.31. The Kier molecular flexibility index (Phi) is 3.40. The van der Waals surface area contributed by atoms with Gasteiger partial charge in [-0.15, -0.1) is 0 Å². The summed E-state index contributed by atoms with van der Waals surface area (Å²) >= 11 is 0. The van der Waals surface area contributed by atoms with Gasteiger partial charge >= 0.3 is 5.97 Å². The summed E-state index contributed by atoms with van der Waals surface area (Å²) in [4.78, 5) is 11.7. The lowest BCUT2D eigenvalue weighted by molar-refractivity contribution is -0.133. The zero-order chi connectivity index (χ0) is 12.1. The molecule has 0 amide bonds. The molecule has 0 fully saturated rings. The zero-order valence-corrected chi connectivity index (χ0v) is 9.42. The molecule has 2 rings (SSSR count). The second-order valence-corrected chi connectivity index (χ2v) is 3.44. The normalized spacial score (nSPS) is 11.2. The standard InChI is InChI=1S/C14H12O3/c1-16-14(15)12(13-8-5-9-17-13)10-11-6-3-2-4-7-11/h2-10H,1H3/b12-10+. The number of hydrogen-bond acceptors (Lipinski definition) is 3. The molecule has 0 aliphatic carbocycles. The minimum atomic E-state index is -0.413. The first-order valence-corrected chi connectivity index (χ1v) is 5.20. The number of esters is 1. The molecule has 0 saturated heterocycles. The van der Waals surface area contributed by atoms with Crippen LogP contribution in [0.25, 0.3) is 11.6 Å². The van der Waals surface area contributed by atoms with Crippen molar-refractivity contribution >= 4 is 17.6 Å². The van der Waals surface area contributed by atoms with Gasteiger partial charge in [0.2, 0.25) is 0 Å². The fraction of sp³-hybridized carbons (Fsp3) is 0.0714. The molecule has 0 aliphatic heterocycles. The average molecular weight is 228 g/mol. The van der Waals surface area contributed by atoms with E-state index < -0.39 is 5.97 Å². The maximum absolute atomic E-state index is 11.7. The maximum Gasteiger partial charge on any atom is 0.341 e. The van der Waals surface area contributed by atoms with Gasteiger partial charge in [-0.05, 0) is 23.8 Å². The smallest absolute Gasteiger partial charge is 0.341 e. The number of furan rings is 1. The fourth-order valence-corrected chi connectivity index (χ4v) is 1.49. The first kappa shape index (κ1) is 11.2. The SMILES string of the molecule is COC(=O)/C(=C/c1ccccc1)c1ccco1. The summed E-state index contributed by atoms with van der Waals surface area (Å²) in [5.41, 5.74) is 1.33. The number of carbonyl (C=O) groups is 1. The number of carbonyl (C=O) groups excluding carboxylic acids is 1. The Bertz CT molecular complexity index is 510. The summed E-state index contributed by atoms with van der Waals surface area (Å²) in [6.07, 6.45) is 3.27. The Morgan fingerprint density at radius 2 is 1.94 bits per heavy atom. The Morgan fingerprint density at radius 1 is 1.18 bits per heavy atom. The second-order valence-electron chi connectivity index (χ2n) is 3.44. The lowest BCUT2D eigenvalue weighted by atomic mass is 10.1. The third-order valence-corrected chi connectivity index (χ3v) is 2.30. The predicted molar refractivity (Wildman–Crippen MR) is 65.0 cm³/mol. The van der Waals surface area contributed by atoms with E-state index in [1.807, 2.05) is 30.3 Å². The van der Waals surface area contributed by atoms with Crippen molar-refractivity contribution in [3.05, 3.63) is 60.1 Å². The highest BCUT2D eigenvalue weighted by molar-refractivity contribution is 6.20. The van der Waals surface area contributed by atoms with E-state index in [4.69, 9.17) is 9.15 Å². The molecule has 0 spiro atoms. The van der Waals surface area contributed by atoms with Gasteiger partial charge in [-0.25, -0.2) is 4.79 Å². The number of ether oxygens (including phenoxy) is 1. The topological polar surface area (TPSA) is 39.4 Å². The number of methoxy groups -OCH3 is 1. The lowest BCUT2D eigenvalue weighted by Gasteiger charge is -2.02. The van der Waals surface area contributed by atoms with Crippen molar-refractivity contribution in [1.82, 2.24) is 0 Å². The van der Waals surface area contributed by atoms with Crippen LogP contribution in [0.15, 0.2) is 53.1 Å². The third-order valence-electron chi connectivity index (χ3n) is 2.30. The summed E-state index contributed by atoms with van der Waals surface area (Å²) in [7, 11) is 1.35. The van der Waals surface area contributed by atoms with E-state index in [0.717, 1.165) is 5.56 Å². The largest absolute Gasteiger partial charge is 0.465 e. The van der Waals surface area contributed by atoms with E-state index in [1.165, 1.54) is 13.4 Å². The number of rotatable bonds is 3. The highest BCUT2D eigenvalue weighted by Crippen LogP contribution is 2.19. The molecular weight excluding hydrogens is 216 g/mol. The summed E-state index contributed by atoms with van der Waals surface area (Å²) in [5.74, 6) is 0.0875. The Labute approximate surface area is 99.3 Å². The van der Waals surface area contributed by atoms with E-state index in [9.17, 15) is 4.79 Å². The van der Waals surface area contributed by atoms with E-state index >= 15 is 0 Å². The fourth-order valence-electron chi connectivity index (χ4n) is 1.49.